The molecule has 3 aromatic rings. The first-order chi connectivity index (χ1) is 9.22. The van der Waals surface area contributed by atoms with Crippen LogP contribution in [0.4, 0.5) is 0 Å². The lowest BCUT2D eigenvalue weighted by molar-refractivity contribution is 0.0951. The van der Waals surface area contributed by atoms with Crippen LogP contribution < -0.4 is 5.32 Å². The van der Waals surface area contributed by atoms with E-state index < -0.39 is 0 Å². The Morgan fingerprint density at radius 1 is 1.42 bits per heavy atom. The number of carbonyl (C=O) groups is 1. The molecule has 3 rings (SSSR count). The second kappa shape index (κ2) is 4.85. The molecular formula is C14H13N3OS. The Labute approximate surface area is 114 Å². The van der Waals surface area contributed by atoms with Crippen molar-refractivity contribution in [3.05, 3.63) is 52.1 Å². The first kappa shape index (κ1) is 11.9. The van der Waals surface area contributed by atoms with Crippen LogP contribution in [0.15, 0.2) is 35.8 Å². The van der Waals surface area contributed by atoms with Gasteiger partial charge in [0.15, 0.2) is 0 Å². The van der Waals surface area contributed by atoms with Gasteiger partial charge in [0, 0.05) is 28.4 Å². The van der Waals surface area contributed by atoms with Crippen LogP contribution in [0, 0.1) is 6.92 Å². The molecule has 0 aliphatic carbocycles. The molecule has 1 aromatic carbocycles. The van der Waals surface area contributed by atoms with Gasteiger partial charge in [-0.15, -0.1) is 11.3 Å². The smallest absolute Gasteiger partial charge is 0.251 e. The summed E-state index contributed by atoms with van der Waals surface area (Å²) < 4.78 is 0. The summed E-state index contributed by atoms with van der Waals surface area (Å²) in [4.78, 5) is 19.5. The highest BCUT2D eigenvalue weighted by Gasteiger charge is 2.07. The average molecular weight is 271 g/mol. The number of aryl methyl sites for hydroxylation is 1. The van der Waals surface area contributed by atoms with Gasteiger partial charge in [-0.2, -0.15) is 0 Å². The number of aromatic nitrogens is 2. The van der Waals surface area contributed by atoms with Crippen LogP contribution in [0.1, 0.15) is 21.1 Å². The van der Waals surface area contributed by atoms with E-state index in [1.54, 1.807) is 11.3 Å². The molecule has 1 amide bonds. The molecule has 0 radical (unpaired) electrons. The number of hydrogen-bond donors (Lipinski definition) is 2. The fourth-order valence-electron chi connectivity index (χ4n) is 1.93. The zero-order valence-corrected chi connectivity index (χ0v) is 11.3. The summed E-state index contributed by atoms with van der Waals surface area (Å²) in [7, 11) is 0. The third-order valence-electron chi connectivity index (χ3n) is 2.88. The molecule has 19 heavy (non-hydrogen) atoms. The summed E-state index contributed by atoms with van der Waals surface area (Å²) in [6, 6.07) is 7.61. The van der Waals surface area contributed by atoms with Crippen LogP contribution in [0.3, 0.4) is 0 Å². The first-order valence-corrected chi connectivity index (χ1v) is 6.87. The monoisotopic (exact) mass is 271 g/mol. The van der Waals surface area contributed by atoms with Gasteiger partial charge in [0.1, 0.15) is 5.01 Å². The molecule has 0 bridgehead atoms. The van der Waals surface area contributed by atoms with Gasteiger partial charge in [-0.3, -0.25) is 4.79 Å². The minimum atomic E-state index is -0.0793. The van der Waals surface area contributed by atoms with Crippen molar-refractivity contribution in [1.82, 2.24) is 15.3 Å². The fourth-order valence-corrected chi connectivity index (χ4v) is 2.64. The maximum atomic E-state index is 12.0. The normalized spacial score (nSPS) is 10.8. The van der Waals surface area contributed by atoms with Gasteiger partial charge in [-0.25, -0.2) is 4.98 Å². The van der Waals surface area contributed by atoms with Crippen molar-refractivity contribution in [2.75, 3.05) is 0 Å². The Kier molecular flexibility index (Phi) is 3.05. The van der Waals surface area contributed by atoms with E-state index >= 15 is 0 Å². The molecule has 2 aromatic heterocycles. The minimum Gasteiger partial charge on any atom is -0.361 e. The van der Waals surface area contributed by atoms with Crippen LogP contribution in [0.2, 0.25) is 0 Å². The van der Waals surface area contributed by atoms with Gasteiger partial charge < -0.3 is 10.3 Å². The zero-order valence-electron chi connectivity index (χ0n) is 10.4. The van der Waals surface area contributed by atoms with E-state index in [4.69, 9.17) is 0 Å². The van der Waals surface area contributed by atoms with E-state index in [-0.39, 0.29) is 5.91 Å². The number of carbonyl (C=O) groups excluding carboxylic acids is 1. The van der Waals surface area contributed by atoms with Crippen molar-refractivity contribution in [2.45, 2.75) is 13.5 Å². The van der Waals surface area contributed by atoms with Crippen LogP contribution >= 0.6 is 11.3 Å². The van der Waals surface area contributed by atoms with Crippen molar-refractivity contribution in [3.8, 4) is 0 Å². The Morgan fingerprint density at radius 2 is 2.32 bits per heavy atom. The SMILES string of the molecule is Cc1csc(CNC(=O)c2ccc3cc[nH]c3c2)n1. The fraction of sp³-hybridized carbons (Fsp3) is 0.143. The molecule has 0 aliphatic heterocycles. The van der Waals surface area contributed by atoms with Gasteiger partial charge in [0.2, 0.25) is 0 Å². The van der Waals surface area contributed by atoms with Gasteiger partial charge in [0.05, 0.1) is 6.54 Å². The minimum absolute atomic E-state index is 0.0793. The number of aromatic amines is 1. The van der Waals surface area contributed by atoms with E-state index in [1.165, 1.54) is 0 Å². The quantitative estimate of drug-likeness (QED) is 0.769. The standard InChI is InChI=1S/C14H13N3OS/c1-9-8-19-13(17-9)7-16-14(18)11-3-2-10-4-5-15-12(10)6-11/h2-6,8,15H,7H2,1H3,(H,16,18). The highest BCUT2D eigenvalue weighted by Crippen LogP contribution is 2.14. The molecule has 0 atom stereocenters. The molecule has 0 fully saturated rings. The number of nitrogens with one attached hydrogen (secondary N) is 2. The van der Waals surface area contributed by atoms with Gasteiger partial charge in [0.25, 0.3) is 5.91 Å². The predicted octanol–water partition coefficient (Wildman–Crippen LogP) is 2.86. The van der Waals surface area contributed by atoms with Crippen molar-refractivity contribution in [2.24, 2.45) is 0 Å². The van der Waals surface area contributed by atoms with Crippen LogP contribution in [-0.4, -0.2) is 15.9 Å². The van der Waals surface area contributed by atoms with E-state index in [0.717, 1.165) is 21.6 Å². The number of amides is 1. The van der Waals surface area contributed by atoms with Crippen LogP contribution in [0.25, 0.3) is 10.9 Å². The number of nitrogens with zero attached hydrogens (tertiary/aromatic N) is 1. The zero-order chi connectivity index (χ0) is 13.2. The molecule has 0 saturated carbocycles. The average Bonchev–Trinajstić information content (AvgIpc) is 3.03. The summed E-state index contributed by atoms with van der Waals surface area (Å²) in [6.07, 6.45) is 1.87. The molecule has 96 valence electrons. The number of hydrogen-bond acceptors (Lipinski definition) is 3. The summed E-state index contributed by atoms with van der Waals surface area (Å²) in [5, 5.41) is 6.89. The summed E-state index contributed by atoms with van der Waals surface area (Å²) >= 11 is 1.56. The largest absolute Gasteiger partial charge is 0.361 e. The van der Waals surface area contributed by atoms with Gasteiger partial charge in [-0.1, -0.05) is 6.07 Å². The van der Waals surface area contributed by atoms with Crippen molar-refractivity contribution >= 4 is 28.1 Å². The number of H-pyrrole nitrogens is 1. The lowest BCUT2D eigenvalue weighted by Crippen LogP contribution is -2.22. The van der Waals surface area contributed by atoms with E-state index in [1.807, 2.05) is 42.8 Å². The Bertz CT molecular complexity index is 729. The van der Waals surface area contributed by atoms with Crippen molar-refractivity contribution in [3.63, 3.8) is 0 Å². The first-order valence-electron chi connectivity index (χ1n) is 5.99. The lowest BCUT2D eigenvalue weighted by Gasteiger charge is -2.03. The Morgan fingerprint density at radius 3 is 3.11 bits per heavy atom. The Hall–Kier alpha value is -2.14. The molecule has 2 N–H and O–H groups in total. The lowest BCUT2D eigenvalue weighted by atomic mass is 10.1. The van der Waals surface area contributed by atoms with Gasteiger partial charge in [-0.05, 0) is 30.5 Å². The third-order valence-corrected chi connectivity index (χ3v) is 3.85. The highest BCUT2D eigenvalue weighted by molar-refractivity contribution is 7.09. The third kappa shape index (κ3) is 2.51. The topological polar surface area (TPSA) is 57.8 Å². The maximum Gasteiger partial charge on any atom is 0.251 e. The highest BCUT2D eigenvalue weighted by atomic mass is 32.1. The molecule has 0 unspecified atom stereocenters. The van der Waals surface area contributed by atoms with Crippen LogP contribution in [0.5, 0.6) is 0 Å². The molecule has 0 aliphatic rings. The molecule has 5 heteroatoms. The molecule has 2 heterocycles. The number of benzene rings is 1. The summed E-state index contributed by atoms with van der Waals surface area (Å²) in [5.41, 5.74) is 2.61. The van der Waals surface area contributed by atoms with E-state index in [0.29, 0.717) is 12.1 Å². The second-order valence-electron chi connectivity index (χ2n) is 4.35. The van der Waals surface area contributed by atoms with Crippen molar-refractivity contribution < 1.29 is 4.79 Å². The number of fused-ring (bicyclic) bond motifs is 1. The summed E-state index contributed by atoms with van der Waals surface area (Å²) in [6.45, 7) is 2.42. The predicted molar refractivity (Wildman–Crippen MR) is 76.3 cm³/mol. The molecular weight excluding hydrogens is 258 g/mol. The maximum absolute atomic E-state index is 12.0. The van der Waals surface area contributed by atoms with Crippen molar-refractivity contribution in [1.29, 1.82) is 0 Å². The summed E-state index contributed by atoms with van der Waals surface area (Å²) in [5.74, 6) is -0.0793. The molecule has 0 spiro atoms. The number of rotatable bonds is 3. The van der Waals surface area contributed by atoms with Gasteiger partial charge >= 0.3 is 0 Å². The van der Waals surface area contributed by atoms with E-state index in [2.05, 4.69) is 15.3 Å². The van der Waals surface area contributed by atoms with E-state index in [9.17, 15) is 4.79 Å². The molecule has 4 nitrogen and oxygen atoms in total. The second-order valence-corrected chi connectivity index (χ2v) is 5.29. The number of thiazole rings is 1. The molecule has 0 saturated heterocycles. The van der Waals surface area contributed by atoms with Crippen LogP contribution in [-0.2, 0) is 6.54 Å². The Balaban J connectivity index is 1.72.